The molecule has 0 fully saturated rings. The van der Waals surface area contributed by atoms with Crippen LogP contribution in [0, 0.1) is 5.92 Å². The zero-order chi connectivity index (χ0) is 14.3. The number of furan rings is 1. The number of rotatable bonds is 7. The van der Waals surface area contributed by atoms with E-state index in [1.807, 2.05) is 13.8 Å². The molecular formula is C13H20N2O4. The predicted molar refractivity (Wildman–Crippen MR) is 69.6 cm³/mol. The summed E-state index contributed by atoms with van der Waals surface area (Å²) in [5.41, 5.74) is 0.670. The van der Waals surface area contributed by atoms with Gasteiger partial charge < -0.3 is 19.8 Å². The Morgan fingerprint density at radius 1 is 1.42 bits per heavy atom. The first-order valence-corrected chi connectivity index (χ1v) is 6.16. The second-order valence-electron chi connectivity index (χ2n) is 4.57. The van der Waals surface area contributed by atoms with Crippen molar-refractivity contribution in [3.8, 4) is 0 Å². The third-order valence-electron chi connectivity index (χ3n) is 2.43. The Balaban J connectivity index is 2.35. The number of hydrogen-bond donors (Lipinski definition) is 2. The first kappa shape index (κ1) is 15.2. The normalized spacial score (nSPS) is 10.5. The quantitative estimate of drug-likeness (QED) is 0.719. The minimum Gasteiger partial charge on any atom is -0.463 e. The Kier molecular flexibility index (Phi) is 6.08. The molecule has 6 heteroatoms. The summed E-state index contributed by atoms with van der Waals surface area (Å²) in [5.74, 6) is -0.00999. The Hall–Kier alpha value is -1.82. The van der Waals surface area contributed by atoms with Crippen molar-refractivity contribution in [3.63, 3.8) is 0 Å². The molecule has 1 aromatic rings. The van der Waals surface area contributed by atoms with Crippen LogP contribution in [0.2, 0.25) is 0 Å². The predicted octanol–water partition coefficient (Wildman–Crippen LogP) is 0.928. The summed E-state index contributed by atoms with van der Waals surface area (Å²) in [6, 6.07) is 1.67. The summed E-state index contributed by atoms with van der Waals surface area (Å²) in [5, 5.41) is 5.75. The van der Waals surface area contributed by atoms with Gasteiger partial charge in [0.1, 0.15) is 0 Å². The molecule has 2 N–H and O–H groups in total. The van der Waals surface area contributed by atoms with E-state index in [4.69, 9.17) is 4.42 Å². The molecule has 0 aliphatic heterocycles. The van der Waals surface area contributed by atoms with E-state index in [2.05, 4.69) is 15.4 Å². The maximum Gasteiger partial charge on any atom is 0.374 e. The van der Waals surface area contributed by atoms with Crippen LogP contribution in [-0.2, 0) is 16.1 Å². The summed E-state index contributed by atoms with van der Waals surface area (Å²) in [6.07, 6.45) is 1.42. The van der Waals surface area contributed by atoms with Gasteiger partial charge in [0.05, 0.1) is 19.9 Å². The molecule has 0 saturated heterocycles. The third kappa shape index (κ3) is 5.13. The van der Waals surface area contributed by atoms with E-state index < -0.39 is 5.97 Å². The van der Waals surface area contributed by atoms with Crippen molar-refractivity contribution in [1.82, 2.24) is 10.6 Å². The van der Waals surface area contributed by atoms with E-state index >= 15 is 0 Å². The fourth-order valence-electron chi connectivity index (χ4n) is 1.44. The van der Waals surface area contributed by atoms with E-state index in [0.717, 1.165) is 0 Å². The first-order valence-electron chi connectivity index (χ1n) is 6.16. The molecule has 0 unspecified atom stereocenters. The molecule has 0 atom stereocenters. The van der Waals surface area contributed by atoms with Crippen LogP contribution in [0.3, 0.4) is 0 Å². The lowest BCUT2D eigenvalue weighted by molar-refractivity contribution is -0.120. The van der Waals surface area contributed by atoms with Crippen LogP contribution < -0.4 is 10.6 Å². The number of carbonyl (C=O) groups excluding carboxylic acids is 2. The monoisotopic (exact) mass is 268 g/mol. The van der Waals surface area contributed by atoms with Crippen LogP contribution in [-0.4, -0.2) is 32.1 Å². The van der Waals surface area contributed by atoms with Gasteiger partial charge in [-0.1, -0.05) is 13.8 Å². The number of esters is 1. The molecule has 0 spiro atoms. The van der Waals surface area contributed by atoms with Crippen molar-refractivity contribution in [3.05, 3.63) is 23.7 Å². The molecule has 0 aliphatic rings. The smallest absolute Gasteiger partial charge is 0.374 e. The maximum atomic E-state index is 11.5. The molecule has 0 aliphatic carbocycles. The van der Waals surface area contributed by atoms with Gasteiger partial charge in [-0.3, -0.25) is 4.79 Å². The van der Waals surface area contributed by atoms with Gasteiger partial charge in [0.25, 0.3) is 0 Å². The number of nitrogens with one attached hydrogen (secondary N) is 2. The summed E-state index contributed by atoms with van der Waals surface area (Å²) < 4.78 is 9.63. The molecule has 1 amide bonds. The van der Waals surface area contributed by atoms with Crippen LogP contribution in [0.4, 0.5) is 0 Å². The molecule has 0 bridgehead atoms. The minimum atomic E-state index is -0.522. The van der Waals surface area contributed by atoms with Gasteiger partial charge in [0.15, 0.2) is 0 Å². The van der Waals surface area contributed by atoms with Gasteiger partial charge in [0.2, 0.25) is 11.7 Å². The average molecular weight is 268 g/mol. The molecule has 1 aromatic heterocycles. The highest BCUT2D eigenvalue weighted by Crippen LogP contribution is 2.11. The van der Waals surface area contributed by atoms with E-state index in [-0.39, 0.29) is 18.2 Å². The van der Waals surface area contributed by atoms with Crippen LogP contribution in [0.15, 0.2) is 16.7 Å². The highest BCUT2D eigenvalue weighted by molar-refractivity contribution is 5.87. The van der Waals surface area contributed by atoms with Crippen molar-refractivity contribution in [2.24, 2.45) is 5.92 Å². The van der Waals surface area contributed by atoms with Gasteiger partial charge >= 0.3 is 5.97 Å². The molecule has 19 heavy (non-hydrogen) atoms. The van der Waals surface area contributed by atoms with E-state index in [1.165, 1.54) is 13.4 Å². The molecule has 6 nitrogen and oxygen atoms in total. The molecule has 0 radical (unpaired) electrons. The van der Waals surface area contributed by atoms with E-state index in [1.54, 1.807) is 6.07 Å². The highest BCUT2D eigenvalue weighted by atomic mass is 16.5. The van der Waals surface area contributed by atoms with Crippen LogP contribution in [0.5, 0.6) is 0 Å². The zero-order valence-electron chi connectivity index (χ0n) is 11.5. The van der Waals surface area contributed by atoms with Crippen molar-refractivity contribution >= 4 is 11.9 Å². The number of methoxy groups -OCH3 is 1. The van der Waals surface area contributed by atoms with Crippen LogP contribution in [0.25, 0.3) is 0 Å². The Morgan fingerprint density at radius 3 is 2.79 bits per heavy atom. The van der Waals surface area contributed by atoms with Gasteiger partial charge in [-0.25, -0.2) is 4.79 Å². The number of hydrogen-bond acceptors (Lipinski definition) is 5. The molecule has 106 valence electrons. The standard InChI is InChI=1S/C13H20N2O4/c1-9(2)6-15-11(16)8-14-7-10-4-5-19-12(10)13(17)18-3/h4-5,9,14H,6-8H2,1-3H3,(H,15,16). The van der Waals surface area contributed by atoms with Gasteiger partial charge in [0, 0.05) is 18.7 Å². The average Bonchev–Trinajstić information content (AvgIpc) is 2.83. The second kappa shape index (κ2) is 7.58. The molecule has 1 heterocycles. The van der Waals surface area contributed by atoms with E-state index in [9.17, 15) is 9.59 Å². The van der Waals surface area contributed by atoms with Crippen molar-refractivity contribution < 1.29 is 18.7 Å². The maximum absolute atomic E-state index is 11.5. The highest BCUT2D eigenvalue weighted by Gasteiger charge is 2.15. The summed E-state index contributed by atoms with van der Waals surface area (Å²) in [6.45, 7) is 5.28. The van der Waals surface area contributed by atoms with Crippen LogP contribution >= 0.6 is 0 Å². The largest absolute Gasteiger partial charge is 0.463 e. The number of carbonyl (C=O) groups is 2. The minimum absolute atomic E-state index is 0.0724. The topological polar surface area (TPSA) is 80.6 Å². The Bertz CT molecular complexity index is 426. The van der Waals surface area contributed by atoms with Gasteiger partial charge in [-0.15, -0.1) is 0 Å². The van der Waals surface area contributed by atoms with E-state index in [0.29, 0.717) is 24.6 Å². The lowest BCUT2D eigenvalue weighted by Gasteiger charge is -2.08. The Labute approximate surface area is 112 Å². The Morgan fingerprint density at radius 2 is 2.16 bits per heavy atom. The number of amides is 1. The summed E-state index contributed by atoms with van der Waals surface area (Å²) in [7, 11) is 1.29. The molecule has 0 saturated carbocycles. The van der Waals surface area contributed by atoms with Crippen molar-refractivity contribution in [2.45, 2.75) is 20.4 Å². The fraction of sp³-hybridized carbons (Fsp3) is 0.538. The molecular weight excluding hydrogens is 248 g/mol. The first-order chi connectivity index (χ1) is 9.04. The summed E-state index contributed by atoms with van der Waals surface area (Å²) in [4.78, 5) is 22.8. The van der Waals surface area contributed by atoms with Gasteiger partial charge in [-0.05, 0) is 12.0 Å². The summed E-state index contributed by atoms with van der Waals surface area (Å²) >= 11 is 0. The number of ether oxygens (including phenoxy) is 1. The van der Waals surface area contributed by atoms with Crippen molar-refractivity contribution in [2.75, 3.05) is 20.2 Å². The lowest BCUT2D eigenvalue weighted by Crippen LogP contribution is -2.35. The fourth-order valence-corrected chi connectivity index (χ4v) is 1.44. The second-order valence-corrected chi connectivity index (χ2v) is 4.57. The molecule has 1 rings (SSSR count). The SMILES string of the molecule is COC(=O)c1occc1CNCC(=O)NCC(C)C. The van der Waals surface area contributed by atoms with Gasteiger partial charge in [-0.2, -0.15) is 0 Å². The zero-order valence-corrected chi connectivity index (χ0v) is 11.5. The van der Waals surface area contributed by atoms with Crippen LogP contribution in [0.1, 0.15) is 30.0 Å². The lowest BCUT2D eigenvalue weighted by atomic mass is 10.2. The molecule has 0 aromatic carbocycles. The third-order valence-corrected chi connectivity index (χ3v) is 2.43. The van der Waals surface area contributed by atoms with Crippen molar-refractivity contribution in [1.29, 1.82) is 0 Å².